The van der Waals surface area contributed by atoms with E-state index in [1.165, 1.54) is 6.07 Å². The predicted octanol–water partition coefficient (Wildman–Crippen LogP) is 6.13. The molecule has 6 nitrogen and oxygen atoms in total. The zero-order valence-electron chi connectivity index (χ0n) is 15.9. The molecule has 0 aliphatic carbocycles. The molecule has 0 aliphatic rings. The van der Waals surface area contributed by atoms with E-state index in [0.29, 0.717) is 33.4 Å². The van der Waals surface area contributed by atoms with E-state index in [2.05, 4.69) is 21.2 Å². The zero-order chi connectivity index (χ0) is 21.3. The Morgan fingerprint density at radius 2 is 1.83 bits per heavy atom. The van der Waals surface area contributed by atoms with E-state index in [0.717, 1.165) is 10.0 Å². The number of fused-ring (bicyclic) bond motifs is 1. The normalized spacial score (nSPS) is 10.7. The molecule has 0 spiro atoms. The number of aromatic nitrogens is 1. The predicted molar refractivity (Wildman–Crippen MR) is 121 cm³/mol. The highest BCUT2D eigenvalue weighted by atomic mass is 79.9. The summed E-state index contributed by atoms with van der Waals surface area (Å²) in [5, 5.41) is 14.7. The number of nitro benzene ring substituents is 1. The van der Waals surface area contributed by atoms with Crippen LogP contribution in [0.1, 0.15) is 15.9 Å². The molecule has 1 amide bonds. The van der Waals surface area contributed by atoms with Gasteiger partial charge in [0.1, 0.15) is 0 Å². The van der Waals surface area contributed by atoms with Crippen molar-refractivity contribution in [3.63, 3.8) is 0 Å². The van der Waals surface area contributed by atoms with E-state index in [4.69, 9.17) is 4.98 Å². The van der Waals surface area contributed by atoms with Gasteiger partial charge < -0.3 is 5.32 Å². The number of nitrogens with one attached hydrogen (secondary N) is 1. The fourth-order valence-corrected chi connectivity index (χ4v) is 3.64. The number of hydrogen-bond acceptors (Lipinski definition) is 4. The molecule has 1 aromatic heterocycles. The highest BCUT2D eigenvalue weighted by Crippen LogP contribution is 2.28. The van der Waals surface area contributed by atoms with E-state index in [-0.39, 0.29) is 11.6 Å². The number of rotatable bonds is 4. The summed E-state index contributed by atoms with van der Waals surface area (Å²) in [5.41, 5.74) is 3.52. The maximum absolute atomic E-state index is 13.1. The van der Waals surface area contributed by atoms with E-state index in [1.807, 2.05) is 48.5 Å². The number of hydrogen-bond donors (Lipinski definition) is 1. The fraction of sp³-hybridized carbons (Fsp3) is 0.0435. The molecule has 3 aromatic carbocycles. The second-order valence-electron chi connectivity index (χ2n) is 6.80. The molecule has 0 atom stereocenters. The van der Waals surface area contributed by atoms with Crippen LogP contribution in [0.2, 0.25) is 0 Å². The Kier molecular flexibility index (Phi) is 5.29. The van der Waals surface area contributed by atoms with Crippen LogP contribution in [0, 0.1) is 17.0 Å². The lowest BCUT2D eigenvalue weighted by molar-refractivity contribution is -0.385. The lowest BCUT2D eigenvalue weighted by Gasteiger charge is -2.11. The molecule has 0 bridgehead atoms. The Bertz CT molecular complexity index is 1300. The summed E-state index contributed by atoms with van der Waals surface area (Å²) in [6.07, 6.45) is 0. The lowest BCUT2D eigenvalue weighted by atomic mass is 10.0. The molecule has 0 unspecified atom stereocenters. The van der Waals surface area contributed by atoms with Crippen molar-refractivity contribution in [3.05, 3.63) is 98.5 Å². The first-order valence-electron chi connectivity index (χ1n) is 9.14. The number of nitro groups is 1. The first kappa shape index (κ1) is 19.7. The van der Waals surface area contributed by atoms with E-state index >= 15 is 0 Å². The van der Waals surface area contributed by atoms with Crippen molar-refractivity contribution >= 4 is 44.1 Å². The zero-order valence-corrected chi connectivity index (χ0v) is 17.5. The molecule has 0 fully saturated rings. The number of halogens is 1. The minimum Gasteiger partial charge on any atom is -0.322 e. The van der Waals surface area contributed by atoms with Gasteiger partial charge in [-0.05, 0) is 37.3 Å². The lowest BCUT2D eigenvalue weighted by Crippen LogP contribution is -2.13. The van der Waals surface area contributed by atoms with Crippen LogP contribution in [0.5, 0.6) is 0 Å². The van der Waals surface area contributed by atoms with Crippen LogP contribution in [0.3, 0.4) is 0 Å². The third kappa shape index (κ3) is 3.92. The van der Waals surface area contributed by atoms with Crippen molar-refractivity contribution in [1.82, 2.24) is 4.98 Å². The van der Waals surface area contributed by atoms with Gasteiger partial charge in [0.05, 0.1) is 21.7 Å². The summed E-state index contributed by atoms with van der Waals surface area (Å²) in [6, 6.07) is 21.4. The van der Waals surface area contributed by atoms with Crippen molar-refractivity contribution in [2.24, 2.45) is 0 Å². The summed E-state index contributed by atoms with van der Waals surface area (Å²) in [6.45, 7) is 1.66. The molecule has 0 aliphatic heterocycles. The summed E-state index contributed by atoms with van der Waals surface area (Å²) in [4.78, 5) is 28.6. The second kappa shape index (κ2) is 8.04. The van der Waals surface area contributed by atoms with Crippen LogP contribution < -0.4 is 5.32 Å². The number of nitrogens with zero attached hydrogens (tertiary/aromatic N) is 2. The topological polar surface area (TPSA) is 85.1 Å². The Hall–Kier alpha value is -3.58. The van der Waals surface area contributed by atoms with Crippen LogP contribution in [-0.4, -0.2) is 15.8 Å². The summed E-state index contributed by atoms with van der Waals surface area (Å²) in [5.74, 6) is -0.358. The fourth-order valence-electron chi connectivity index (χ4n) is 3.24. The van der Waals surface area contributed by atoms with Crippen molar-refractivity contribution < 1.29 is 9.72 Å². The number of aryl methyl sites for hydroxylation is 1. The van der Waals surface area contributed by atoms with E-state index in [9.17, 15) is 14.9 Å². The highest BCUT2D eigenvalue weighted by Gasteiger charge is 2.17. The van der Waals surface area contributed by atoms with Crippen molar-refractivity contribution in [3.8, 4) is 11.3 Å². The number of pyridine rings is 1. The first-order valence-corrected chi connectivity index (χ1v) is 9.94. The molecule has 0 radical (unpaired) electrons. The van der Waals surface area contributed by atoms with Crippen LogP contribution in [0.15, 0.2) is 77.3 Å². The SMILES string of the molecule is Cc1ccc(NC(=O)c2cc(-c3cccc(Br)c3)nc3ccccc23)cc1[N+](=O)[O-]. The maximum atomic E-state index is 13.1. The number of para-hydroxylation sites is 1. The third-order valence-electron chi connectivity index (χ3n) is 4.74. The molecule has 1 heterocycles. The standard InChI is InChI=1S/C23H16BrN3O3/c1-14-9-10-17(12-22(14)27(29)30)25-23(28)19-13-21(15-5-4-6-16(24)11-15)26-20-8-3-2-7-18(19)20/h2-13H,1H3,(H,25,28). The van der Waals surface area contributed by atoms with Gasteiger partial charge in [0.25, 0.3) is 11.6 Å². The molecule has 7 heteroatoms. The van der Waals surface area contributed by atoms with Crippen molar-refractivity contribution in [1.29, 1.82) is 0 Å². The van der Waals surface area contributed by atoms with Crippen LogP contribution in [0.25, 0.3) is 22.2 Å². The van der Waals surface area contributed by atoms with Gasteiger partial charge in [0.2, 0.25) is 0 Å². The quantitative estimate of drug-likeness (QED) is 0.292. The van der Waals surface area contributed by atoms with E-state index < -0.39 is 4.92 Å². The van der Waals surface area contributed by atoms with Crippen LogP contribution >= 0.6 is 15.9 Å². The number of carbonyl (C=O) groups is 1. The van der Waals surface area contributed by atoms with Gasteiger partial charge in [-0.25, -0.2) is 4.98 Å². The third-order valence-corrected chi connectivity index (χ3v) is 5.24. The molecule has 0 saturated heterocycles. The molecule has 1 N–H and O–H groups in total. The Balaban J connectivity index is 1.79. The smallest absolute Gasteiger partial charge is 0.274 e. The van der Waals surface area contributed by atoms with Gasteiger partial charge >= 0.3 is 0 Å². The summed E-state index contributed by atoms with van der Waals surface area (Å²) in [7, 11) is 0. The van der Waals surface area contributed by atoms with Gasteiger partial charge in [0, 0.05) is 32.7 Å². The maximum Gasteiger partial charge on any atom is 0.274 e. The second-order valence-corrected chi connectivity index (χ2v) is 7.71. The van der Waals surface area contributed by atoms with Gasteiger partial charge in [-0.1, -0.05) is 52.3 Å². The number of carbonyl (C=O) groups excluding carboxylic acids is 1. The van der Waals surface area contributed by atoms with Crippen molar-refractivity contribution in [2.45, 2.75) is 6.92 Å². The minimum atomic E-state index is -0.460. The summed E-state index contributed by atoms with van der Waals surface area (Å²) < 4.78 is 0.910. The monoisotopic (exact) mass is 461 g/mol. The van der Waals surface area contributed by atoms with Gasteiger partial charge in [0.15, 0.2) is 0 Å². The molecule has 4 aromatic rings. The Morgan fingerprint density at radius 1 is 1.03 bits per heavy atom. The molecule has 4 rings (SSSR count). The van der Waals surface area contributed by atoms with Crippen molar-refractivity contribution in [2.75, 3.05) is 5.32 Å². The Labute approximate surface area is 180 Å². The average Bonchev–Trinajstić information content (AvgIpc) is 2.74. The first-order chi connectivity index (χ1) is 14.4. The van der Waals surface area contributed by atoms with Gasteiger partial charge in [-0.15, -0.1) is 0 Å². The summed E-state index contributed by atoms with van der Waals surface area (Å²) >= 11 is 3.46. The van der Waals surface area contributed by atoms with Crippen LogP contribution in [0.4, 0.5) is 11.4 Å². The molecule has 0 saturated carbocycles. The number of amides is 1. The van der Waals surface area contributed by atoms with Crippen LogP contribution in [-0.2, 0) is 0 Å². The van der Waals surface area contributed by atoms with Gasteiger partial charge in [-0.2, -0.15) is 0 Å². The molecular weight excluding hydrogens is 446 g/mol. The molecule has 30 heavy (non-hydrogen) atoms. The Morgan fingerprint density at radius 3 is 2.60 bits per heavy atom. The largest absolute Gasteiger partial charge is 0.322 e. The molecule has 148 valence electrons. The van der Waals surface area contributed by atoms with Gasteiger partial charge in [-0.3, -0.25) is 14.9 Å². The minimum absolute atomic E-state index is 0.0396. The number of anilines is 1. The average molecular weight is 462 g/mol. The highest BCUT2D eigenvalue weighted by molar-refractivity contribution is 9.10. The molecular formula is C23H16BrN3O3. The van der Waals surface area contributed by atoms with E-state index in [1.54, 1.807) is 25.1 Å². The number of benzene rings is 3.